The number of alkyl halides is 2. The second-order valence-corrected chi connectivity index (χ2v) is 7.48. The zero-order valence-corrected chi connectivity index (χ0v) is 16.4. The average molecular weight is 402 g/mol. The summed E-state index contributed by atoms with van der Waals surface area (Å²) in [7, 11) is 0. The lowest BCUT2D eigenvalue weighted by Gasteiger charge is -2.05. The minimum atomic E-state index is -2.85. The number of hydrogen-bond donors (Lipinski definition) is 1. The van der Waals surface area contributed by atoms with Crippen molar-refractivity contribution in [3.05, 3.63) is 64.0 Å². The number of halogens is 2. The van der Waals surface area contributed by atoms with E-state index in [9.17, 15) is 13.6 Å². The number of aryl methyl sites for hydroxylation is 2. The first-order valence-corrected chi connectivity index (χ1v) is 9.66. The van der Waals surface area contributed by atoms with Crippen molar-refractivity contribution in [3.63, 3.8) is 0 Å². The number of benzene rings is 2. The number of ether oxygens (including phenoxy) is 1. The third-order valence-corrected chi connectivity index (χ3v) is 5.12. The van der Waals surface area contributed by atoms with Crippen LogP contribution in [0.3, 0.4) is 0 Å². The molecule has 3 rings (SSSR count). The molecule has 1 aromatic heterocycles. The summed E-state index contributed by atoms with van der Waals surface area (Å²) in [6.07, 6.45) is 1.12. The third-order valence-electron chi connectivity index (χ3n) is 4.15. The second-order valence-electron chi connectivity index (χ2n) is 6.19. The highest BCUT2D eigenvalue weighted by atomic mass is 32.1. The van der Waals surface area contributed by atoms with Crippen LogP contribution in [0.4, 0.5) is 14.5 Å². The Morgan fingerprint density at radius 1 is 1.14 bits per heavy atom. The minimum Gasteiger partial charge on any atom is -0.435 e. The molecule has 0 unspecified atom stereocenters. The average Bonchev–Trinajstić information content (AvgIpc) is 3.02. The molecule has 146 valence electrons. The molecule has 0 fully saturated rings. The van der Waals surface area contributed by atoms with E-state index in [2.05, 4.69) is 22.0 Å². The minimum absolute atomic E-state index is 0.0975. The van der Waals surface area contributed by atoms with Crippen molar-refractivity contribution in [1.29, 1.82) is 0 Å². The van der Waals surface area contributed by atoms with E-state index >= 15 is 0 Å². The maximum absolute atomic E-state index is 12.3. The fraction of sp³-hybridized carbons (Fsp3) is 0.238. The molecule has 0 aliphatic rings. The van der Waals surface area contributed by atoms with E-state index < -0.39 is 6.61 Å². The SMILES string of the molecule is CCc1ccc(NC(=O)Cc2nc(-c3ccc(OC(F)F)cc3)c(C)s2)cc1. The van der Waals surface area contributed by atoms with Crippen LogP contribution < -0.4 is 10.1 Å². The molecule has 0 bridgehead atoms. The van der Waals surface area contributed by atoms with Crippen LogP contribution in [0, 0.1) is 6.92 Å². The van der Waals surface area contributed by atoms with E-state index in [4.69, 9.17) is 0 Å². The van der Waals surface area contributed by atoms with Crippen LogP contribution in [0.5, 0.6) is 5.75 Å². The molecule has 0 radical (unpaired) electrons. The highest BCUT2D eigenvalue weighted by Gasteiger charge is 2.14. The van der Waals surface area contributed by atoms with Gasteiger partial charge in [-0.2, -0.15) is 8.78 Å². The van der Waals surface area contributed by atoms with Crippen molar-refractivity contribution in [2.45, 2.75) is 33.3 Å². The number of nitrogens with one attached hydrogen (secondary N) is 1. The zero-order valence-electron chi connectivity index (χ0n) is 15.5. The summed E-state index contributed by atoms with van der Waals surface area (Å²) in [6.45, 7) is 1.15. The third kappa shape index (κ3) is 5.13. The van der Waals surface area contributed by atoms with Gasteiger partial charge < -0.3 is 10.1 Å². The summed E-state index contributed by atoms with van der Waals surface area (Å²) in [5.41, 5.74) is 3.49. The van der Waals surface area contributed by atoms with E-state index in [0.29, 0.717) is 5.01 Å². The Morgan fingerprint density at radius 3 is 2.43 bits per heavy atom. The molecule has 1 heterocycles. The van der Waals surface area contributed by atoms with Gasteiger partial charge in [-0.25, -0.2) is 4.98 Å². The molecule has 0 aliphatic carbocycles. The number of aromatic nitrogens is 1. The molecule has 28 heavy (non-hydrogen) atoms. The molecule has 3 aromatic rings. The molecule has 7 heteroatoms. The van der Waals surface area contributed by atoms with Crippen molar-refractivity contribution in [2.24, 2.45) is 0 Å². The van der Waals surface area contributed by atoms with Crippen molar-refractivity contribution in [1.82, 2.24) is 4.98 Å². The Kier molecular flexibility index (Phi) is 6.36. The Bertz CT molecular complexity index is 938. The summed E-state index contributed by atoms with van der Waals surface area (Å²) in [4.78, 5) is 17.8. The van der Waals surface area contributed by atoms with Gasteiger partial charge in [0.25, 0.3) is 0 Å². The lowest BCUT2D eigenvalue weighted by Crippen LogP contribution is -2.14. The first-order valence-electron chi connectivity index (χ1n) is 8.85. The molecule has 0 aliphatic heterocycles. The van der Waals surface area contributed by atoms with E-state index in [1.807, 2.05) is 31.2 Å². The van der Waals surface area contributed by atoms with Crippen LogP contribution >= 0.6 is 11.3 Å². The number of amides is 1. The molecule has 1 amide bonds. The number of thiazole rings is 1. The number of carbonyl (C=O) groups is 1. The molecule has 1 N–H and O–H groups in total. The van der Waals surface area contributed by atoms with E-state index in [0.717, 1.165) is 28.2 Å². The smallest absolute Gasteiger partial charge is 0.387 e. The Morgan fingerprint density at radius 2 is 1.82 bits per heavy atom. The number of rotatable bonds is 7. The highest BCUT2D eigenvalue weighted by Crippen LogP contribution is 2.29. The van der Waals surface area contributed by atoms with Gasteiger partial charge in [0, 0.05) is 16.1 Å². The van der Waals surface area contributed by atoms with Gasteiger partial charge in [0.1, 0.15) is 10.8 Å². The normalized spacial score (nSPS) is 10.9. The molecule has 4 nitrogen and oxygen atoms in total. The molecule has 0 saturated carbocycles. The monoisotopic (exact) mass is 402 g/mol. The lowest BCUT2D eigenvalue weighted by atomic mass is 10.1. The molecule has 2 aromatic carbocycles. The van der Waals surface area contributed by atoms with Crippen molar-refractivity contribution >= 4 is 22.9 Å². The summed E-state index contributed by atoms with van der Waals surface area (Å²) >= 11 is 1.45. The maximum atomic E-state index is 12.3. The maximum Gasteiger partial charge on any atom is 0.387 e. The van der Waals surface area contributed by atoms with Crippen LogP contribution in [0.15, 0.2) is 48.5 Å². The molecule has 0 spiro atoms. The first kappa shape index (κ1) is 19.9. The number of carbonyl (C=O) groups excluding carboxylic acids is 1. The number of nitrogens with zero attached hydrogens (tertiary/aromatic N) is 1. The van der Waals surface area contributed by atoms with Crippen LogP contribution in [0.2, 0.25) is 0 Å². The van der Waals surface area contributed by atoms with Crippen LogP contribution in [0.25, 0.3) is 11.3 Å². The quantitative estimate of drug-likeness (QED) is 0.571. The van der Waals surface area contributed by atoms with E-state index in [1.165, 1.54) is 29.0 Å². The van der Waals surface area contributed by atoms with Gasteiger partial charge >= 0.3 is 6.61 Å². The topological polar surface area (TPSA) is 51.2 Å². The van der Waals surface area contributed by atoms with Crippen molar-refractivity contribution in [3.8, 4) is 17.0 Å². The predicted octanol–water partition coefficient (Wildman–Crippen LogP) is 5.46. The van der Waals surface area contributed by atoms with Gasteiger partial charge in [0.2, 0.25) is 5.91 Å². The molecule has 0 atom stereocenters. The summed E-state index contributed by atoms with van der Waals surface area (Å²) in [6, 6.07) is 14.1. The number of hydrogen-bond acceptors (Lipinski definition) is 4. The Labute approximate surface area is 166 Å². The summed E-state index contributed by atoms with van der Waals surface area (Å²) in [5, 5.41) is 3.57. The Balaban J connectivity index is 1.66. The zero-order chi connectivity index (χ0) is 20.1. The van der Waals surface area contributed by atoms with Crippen molar-refractivity contribution < 1.29 is 18.3 Å². The highest BCUT2D eigenvalue weighted by molar-refractivity contribution is 7.12. The lowest BCUT2D eigenvalue weighted by molar-refractivity contribution is -0.115. The van der Waals surface area contributed by atoms with Crippen LogP contribution in [-0.2, 0) is 17.6 Å². The largest absolute Gasteiger partial charge is 0.435 e. The van der Waals surface area contributed by atoms with E-state index in [-0.39, 0.29) is 18.1 Å². The van der Waals surface area contributed by atoms with Gasteiger partial charge in [0.15, 0.2) is 0 Å². The molecular formula is C21H20F2N2O2S. The van der Waals surface area contributed by atoms with Gasteiger partial charge in [-0.1, -0.05) is 19.1 Å². The van der Waals surface area contributed by atoms with Crippen molar-refractivity contribution in [2.75, 3.05) is 5.32 Å². The fourth-order valence-electron chi connectivity index (χ4n) is 2.76. The predicted molar refractivity (Wildman–Crippen MR) is 107 cm³/mol. The second kappa shape index (κ2) is 8.93. The van der Waals surface area contributed by atoms with Gasteiger partial charge in [0.05, 0.1) is 12.1 Å². The summed E-state index contributed by atoms with van der Waals surface area (Å²) in [5.74, 6) is -0.0365. The number of anilines is 1. The fourth-order valence-corrected chi connectivity index (χ4v) is 3.71. The van der Waals surface area contributed by atoms with Gasteiger partial charge in [-0.3, -0.25) is 4.79 Å². The van der Waals surface area contributed by atoms with Gasteiger partial charge in [-0.05, 0) is 55.3 Å². The van der Waals surface area contributed by atoms with Crippen LogP contribution in [-0.4, -0.2) is 17.5 Å². The first-order chi connectivity index (χ1) is 13.4. The molecule has 0 saturated heterocycles. The van der Waals surface area contributed by atoms with Crippen LogP contribution in [0.1, 0.15) is 22.4 Å². The Hall–Kier alpha value is -2.80. The molecular weight excluding hydrogens is 382 g/mol. The van der Waals surface area contributed by atoms with E-state index in [1.54, 1.807) is 12.1 Å². The van der Waals surface area contributed by atoms with Gasteiger partial charge in [-0.15, -0.1) is 11.3 Å². The summed E-state index contributed by atoms with van der Waals surface area (Å²) < 4.78 is 28.9. The standard InChI is InChI=1S/C21H20F2N2O2S/c1-3-14-4-8-16(9-5-14)24-18(26)12-19-25-20(13(2)28-19)15-6-10-17(11-7-15)27-21(22)23/h4-11,21H,3,12H2,1-2H3,(H,24,26).